The fraction of sp³-hybridized carbons (Fsp3) is 0.400. The minimum absolute atomic E-state index is 0.0746. The zero-order valence-corrected chi connectivity index (χ0v) is 25.1. The fourth-order valence-electron chi connectivity index (χ4n) is 4.58. The number of ether oxygens (including phenoxy) is 2. The molecule has 1 heterocycles. The van der Waals surface area contributed by atoms with Gasteiger partial charge >= 0.3 is 0 Å². The normalized spacial score (nSPS) is 13.6. The van der Waals surface area contributed by atoms with E-state index in [0.717, 1.165) is 74.4 Å². The van der Waals surface area contributed by atoms with Crippen LogP contribution in [-0.4, -0.2) is 25.8 Å². The minimum Gasteiger partial charge on any atom is -0.493 e. The second-order valence-corrected chi connectivity index (χ2v) is 11.8. The van der Waals surface area contributed by atoms with E-state index in [2.05, 4.69) is 40.9 Å². The van der Waals surface area contributed by atoms with Gasteiger partial charge in [0.05, 0.1) is 22.9 Å². The van der Waals surface area contributed by atoms with Crippen LogP contribution in [0.2, 0.25) is 0 Å². The summed E-state index contributed by atoms with van der Waals surface area (Å²) in [5, 5.41) is 3.96. The molecule has 0 fully saturated rings. The topological polar surface area (TPSA) is 59.9 Å². The van der Waals surface area contributed by atoms with Gasteiger partial charge in [-0.2, -0.15) is 0 Å². The molecule has 3 aromatic rings. The van der Waals surface area contributed by atoms with Gasteiger partial charge in [-0.25, -0.2) is 4.99 Å². The number of hydrogen-bond donors (Lipinski definition) is 1. The highest BCUT2D eigenvalue weighted by Gasteiger charge is 2.24. The van der Waals surface area contributed by atoms with Crippen molar-refractivity contribution in [2.24, 2.45) is 4.99 Å². The Balaban J connectivity index is 1.71. The number of thiophene rings is 1. The van der Waals surface area contributed by atoms with Crippen molar-refractivity contribution < 1.29 is 14.3 Å². The molecule has 1 N–H and O–H groups in total. The monoisotopic (exact) mass is 630 g/mol. The molecule has 0 saturated heterocycles. The molecular formula is C30H35IN2O3S. The Labute approximate surface area is 237 Å². The lowest BCUT2D eigenvalue weighted by Gasteiger charge is -2.13. The number of carbonyl (C=O) groups is 1. The molecule has 0 saturated carbocycles. The number of nitrogens with zero attached hydrogens (tertiary/aromatic N) is 1. The molecule has 0 bridgehead atoms. The van der Waals surface area contributed by atoms with Gasteiger partial charge in [-0.05, 0) is 109 Å². The van der Waals surface area contributed by atoms with E-state index in [0.29, 0.717) is 12.4 Å². The van der Waals surface area contributed by atoms with Gasteiger partial charge in [0.15, 0.2) is 11.5 Å². The van der Waals surface area contributed by atoms with Crippen molar-refractivity contribution in [3.05, 3.63) is 66.6 Å². The lowest BCUT2D eigenvalue weighted by Crippen LogP contribution is -2.15. The van der Waals surface area contributed by atoms with Crippen LogP contribution in [-0.2, 0) is 12.8 Å². The van der Waals surface area contributed by atoms with Gasteiger partial charge in [0, 0.05) is 16.8 Å². The number of halogens is 1. The summed E-state index contributed by atoms with van der Waals surface area (Å²) in [5.74, 6) is 1.37. The first-order valence-corrected chi connectivity index (χ1v) is 14.9. The summed E-state index contributed by atoms with van der Waals surface area (Å²) in [6.45, 7) is 6.78. The van der Waals surface area contributed by atoms with Crippen LogP contribution in [0.5, 0.6) is 11.5 Å². The van der Waals surface area contributed by atoms with Crippen molar-refractivity contribution in [3.8, 4) is 11.5 Å². The van der Waals surface area contributed by atoms with Crippen LogP contribution in [0.1, 0.15) is 76.5 Å². The largest absolute Gasteiger partial charge is 0.493 e. The summed E-state index contributed by atoms with van der Waals surface area (Å²) in [6, 6.07) is 10.1. The summed E-state index contributed by atoms with van der Waals surface area (Å²) >= 11 is 3.94. The molecule has 0 aliphatic heterocycles. The van der Waals surface area contributed by atoms with Crippen LogP contribution in [0, 0.1) is 17.4 Å². The first-order valence-electron chi connectivity index (χ1n) is 13.0. The number of rotatable bonds is 8. The van der Waals surface area contributed by atoms with Crippen molar-refractivity contribution >= 4 is 56.7 Å². The average molecular weight is 631 g/mol. The highest BCUT2D eigenvalue weighted by Crippen LogP contribution is 2.40. The lowest BCUT2D eigenvalue weighted by atomic mass is 9.96. The lowest BCUT2D eigenvalue weighted by molar-refractivity contribution is 0.102. The molecule has 0 radical (unpaired) electrons. The number of fused-ring (bicyclic) bond motifs is 1. The van der Waals surface area contributed by atoms with E-state index in [1.807, 2.05) is 44.3 Å². The van der Waals surface area contributed by atoms with E-state index in [4.69, 9.17) is 14.5 Å². The Morgan fingerprint density at radius 2 is 1.92 bits per heavy atom. The van der Waals surface area contributed by atoms with Crippen molar-refractivity contribution in [1.29, 1.82) is 0 Å². The molecule has 7 heteroatoms. The standard InChI is InChI=1S/C30H35IN2O3S/c1-5-14-36-28-23(31)16-21(17-25(28)35-4)18-32-30-27(22-10-8-6-7-9-11-26(22)37-30)29(34)33-24-15-19(2)12-13-20(24)3/h12-13,15-18H,5-11,14H2,1-4H3,(H,33,34). The van der Waals surface area contributed by atoms with Gasteiger partial charge in [-0.15, -0.1) is 11.3 Å². The molecule has 1 aliphatic rings. The van der Waals surface area contributed by atoms with E-state index >= 15 is 0 Å². The molecule has 37 heavy (non-hydrogen) atoms. The Morgan fingerprint density at radius 1 is 1.14 bits per heavy atom. The Hall–Kier alpha value is -2.39. The Kier molecular flexibility index (Phi) is 9.65. The number of hydrogen-bond acceptors (Lipinski definition) is 5. The van der Waals surface area contributed by atoms with Crippen molar-refractivity contribution in [3.63, 3.8) is 0 Å². The second-order valence-electron chi connectivity index (χ2n) is 9.51. The zero-order chi connectivity index (χ0) is 26.4. The van der Waals surface area contributed by atoms with E-state index in [1.54, 1.807) is 18.4 Å². The molecule has 196 valence electrons. The van der Waals surface area contributed by atoms with Crippen LogP contribution in [0.25, 0.3) is 0 Å². The molecule has 5 nitrogen and oxygen atoms in total. The number of benzene rings is 2. The van der Waals surface area contributed by atoms with E-state index in [9.17, 15) is 4.79 Å². The second kappa shape index (κ2) is 12.9. The summed E-state index contributed by atoms with van der Waals surface area (Å²) in [6.07, 6.45) is 9.40. The molecular weight excluding hydrogens is 595 g/mol. The Bertz CT molecular complexity index is 1300. The van der Waals surface area contributed by atoms with Crippen LogP contribution >= 0.6 is 33.9 Å². The Morgan fingerprint density at radius 3 is 2.68 bits per heavy atom. The summed E-state index contributed by atoms with van der Waals surface area (Å²) in [7, 11) is 1.65. The molecule has 2 aromatic carbocycles. The number of carbonyl (C=O) groups excluding carboxylic acids is 1. The van der Waals surface area contributed by atoms with Gasteiger partial charge < -0.3 is 14.8 Å². The molecule has 1 aromatic heterocycles. The van der Waals surface area contributed by atoms with Crippen LogP contribution in [0.3, 0.4) is 0 Å². The molecule has 1 amide bonds. The first-order chi connectivity index (χ1) is 17.9. The third-order valence-corrected chi connectivity index (χ3v) is 8.56. The van der Waals surface area contributed by atoms with Crippen molar-refractivity contribution in [1.82, 2.24) is 0 Å². The fourth-order valence-corrected chi connectivity index (χ4v) is 6.59. The maximum Gasteiger partial charge on any atom is 0.259 e. The van der Waals surface area contributed by atoms with Crippen molar-refractivity contribution in [2.45, 2.75) is 65.7 Å². The number of methoxy groups -OCH3 is 1. The number of amides is 1. The molecule has 0 unspecified atom stereocenters. The maximum atomic E-state index is 13.7. The molecule has 1 aliphatic carbocycles. The van der Waals surface area contributed by atoms with Crippen LogP contribution < -0.4 is 14.8 Å². The number of aliphatic imine (C=N–C) groups is 1. The summed E-state index contributed by atoms with van der Waals surface area (Å²) in [4.78, 5) is 19.9. The van der Waals surface area contributed by atoms with E-state index in [1.165, 1.54) is 23.3 Å². The van der Waals surface area contributed by atoms with E-state index < -0.39 is 0 Å². The predicted molar refractivity (Wildman–Crippen MR) is 163 cm³/mol. The highest BCUT2D eigenvalue weighted by molar-refractivity contribution is 14.1. The minimum atomic E-state index is -0.0746. The van der Waals surface area contributed by atoms with E-state index in [-0.39, 0.29) is 5.91 Å². The smallest absolute Gasteiger partial charge is 0.259 e. The highest BCUT2D eigenvalue weighted by atomic mass is 127. The van der Waals surface area contributed by atoms with Gasteiger partial charge in [0.1, 0.15) is 5.00 Å². The quantitative estimate of drug-likeness (QED) is 0.201. The third-order valence-electron chi connectivity index (χ3n) is 6.55. The number of anilines is 1. The third kappa shape index (κ3) is 6.74. The summed E-state index contributed by atoms with van der Waals surface area (Å²) < 4.78 is 12.5. The van der Waals surface area contributed by atoms with Gasteiger partial charge in [-0.1, -0.05) is 31.9 Å². The average Bonchev–Trinajstić information content (AvgIpc) is 3.20. The molecule has 0 atom stereocenters. The predicted octanol–water partition coefficient (Wildman–Crippen LogP) is 8.43. The molecule has 4 rings (SSSR count). The van der Waals surface area contributed by atoms with Crippen molar-refractivity contribution in [2.75, 3.05) is 19.0 Å². The van der Waals surface area contributed by atoms with Gasteiger partial charge in [0.2, 0.25) is 0 Å². The number of nitrogens with one attached hydrogen (secondary N) is 1. The number of aryl methyl sites for hydroxylation is 3. The molecule has 0 spiro atoms. The van der Waals surface area contributed by atoms with Gasteiger partial charge in [0.25, 0.3) is 5.91 Å². The maximum absolute atomic E-state index is 13.7. The van der Waals surface area contributed by atoms with Crippen LogP contribution in [0.4, 0.5) is 10.7 Å². The zero-order valence-electron chi connectivity index (χ0n) is 22.1. The van der Waals surface area contributed by atoms with Crippen LogP contribution in [0.15, 0.2) is 35.3 Å². The SMILES string of the molecule is CCCOc1c(I)cc(C=Nc2sc3c(c2C(=O)Nc2cc(C)ccc2C)CCCCCC3)cc1OC. The summed E-state index contributed by atoms with van der Waals surface area (Å²) in [5.41, 5.74) is 5.84. The van der Waals surface area contributed by atoms with Gasteiger partial charge in [-0.3, -0.25) is 4.79 Å². The first kappa shape index (κ1) is 27.6.